The lowest BCUT2D eigenvalue weighted by Crippen LogP contribution is -2.55. The highest BCUT2D eigenvalue weighted by Crippen LogP contribution is 2.40. The largest absolute Gasteiger partial charge is 0.378 e. The second kappa shape index (κ2) is 6.48. The SMILES string of the molecule is Cc1cc(Br)cc(NC2(CN)CCCCC2C(C)C)c1. The lowest BCUT2D eigenvalue weighted by Gasteiger charge is -2.47. The van der Waals surface area contributed by atoms with Gasteiger partial charge in [0.2, 0.25) is 0 Å². The minimum absolute atomic E-state index is 0.0552. The maximum absolute atomic E-state index is 6.22. The Morgan fingerprint density at radius 2 is 2.10 bits per heavy atom. The van der Waals surface area contributed by atoms with E-state index >= 15 is 0 Å². The summed E-state index contributed by atoms with van der Waals surface area (Å²) in [5.74, 6) is 1.32. The molecule has 2 unspecified atom stereocenters. The van der Waals surface area contributed by atoms with Crippen molar-refractivity contribution in [2.75, 3.05) is 11.9 Å². The van der Waals surface area contributed by atoms with Crippen LogP contribution in [0, 0.1) is 18.8 Å². The van der Waals surface area contributed by atoms with Crippen molar-refractivity contribution in [1.29, 1.82) is 0 Å². The van der Waals surface area contributed by atoms with Gasteiger partial charge in [-0.25, -0.2) is 0 Å². The highest BCUT2D eigenvalue weighted by atomic mass is 79.9. The number of hydrogen-bond acceptors (Lipinski definition) is 2. The Morgan fingerprint density at radius 3 is 2.70 bits per heavy atom. The smallest absolute Gasteiger partial charge is 0.0526 e. The third-order valence-electron chi connectivity index (χ3n) is 4.70. The monoisotopic (exact) mass is 338 g/mol. The first-order valence-corrected chi connectivity index (χ1v) is 8.51. The molecule has 112 valence electrons. The Hall–Kier alpha value is -0.540. The summed E-state index contributed by atoms with van der Waals surface area (Å²) in [5, 5.41) is 3.80. The Balaban J connectivity index is 2.29. The van der Waals surface area contributed by atoms with E-state index in [2.05, 4.69) is 60.2 Å². The molecule has 1 aliphatic rings. The fraction of sp³-hybridized carbons (Fsp3) is 0.647. The molecule has 1 aromatic carbocycles. The molecule has 2 atom stereocenters. The fourth-order valence-electron chi connectivity index (χ4n) is 3.79. The van der Waals surface area contributed by atoms with Gasteiger partial charge in [-0.1, -0.05) is 42.6 Å². The minimum Gasteiger partial charge on any atom is -0.378 e. The lowest BCUT2D eigenvalue weighted by atomic mass is 9.67. The van der Waals surface area contributed by atoms with E-state index in [1.54, 1.807) is 0 Å². The molecule has 1 aromatic rings. The molecule has 0 bridgehead atoms. The van der Waals surface area contributed by atoms with Crippen LogP contribution in [-0.4, -0.2) is 12.1 Å². The van der Waals surface area contributed by atoms with Crippen LogP contribution in [0.15, 0.2) is 22.7 Å². The zero-order chi connectivity index (χ0) is 14.8. The summed E-state index contributed by atoms with van der Waals surface area (Å²) in [4.78, 5) is 0. The highest BCUT2D eigenvalue weighted by molar-refractivity contribution is 9.10. The van der Waals surface area contributed by atoms with E-state index in [9.17, 15) is 0 Å². The predicted octanol–water partition coefficient (Wildman–Crippen LogP) is 4.71. The number of benzene rings is 1. The molecular formula is C17H27BrN2. The van der Waals surface area contributed by atoms with Gasteiger partial charge in [0.05, 0.1) is 5.54 Å². The molecular weight excluding hydrogens is 312 g/mol. The Morgan fingerprint density at radius 1 is 1.35 bits per heavy atom. The molecule has 3 heteroatoms. The van der Waals surface area contributed by atoms with Crippen molar-refractivity contribution in [3.05, 3.63) is 28.2 Å². The summed E-state index contributed by atoms with van der Waals surface area (Å²) in [6, 6.07) is 6.52. The van der Waals surface area contributed by atoms with E-state index in [4.69, 9.17) is 5.73 Å². The van der Waals surface area contributed by atoms with E-state index in [0.717, 1.165) is 4.47 Å². The van der Waals surface area contributed by atoms with Crippen molar-refractivity contribution in [2.45, 2.75) is 52.0 Å². The van der Waals surface area contributed by atoms with Gasteiger partial charge in [-0.05, 0) is 55.4 Å². The molecule has 0 radical (unpaired) electrons. The van der Waals surface area contributed by atoms with E-state index in [-0.39, 0.29) is 5.54 Å². The zero-order valence-corrected chi connectivity index (χ0v) is 14.5. The van der Waals surface area contributed by atoms with Crippen LogP contribution in [0.4, 0.5) is 5.69 Å². The molecule has 1 fully saturated rings. The Bertz CT molecular complexity index is 438. The molecule has 1 aliphatic carbocycles. The van der Waals surface area contributed by atoms with Crippen LogP contribution in [0.3, 0.4) is 0 Å². The van der Waals surface area contributed by atoms with Crippen LogP contribution in [-0.2, 0) is 0 Å². The van der Waals surface area contributed by atoms with Gasteiger partial charge in [0, 0.05) is 16.7 Å². The summed E-state index contributed by atoms with van der Waals surface area (Å²) < 4.78 is 1.13. The molecule has 0 saturated heterocycles. The number of halogens is 1. The van der Waals surface area contributed by atoms with Gasteiger partial charge in [0.1, 0.15) is 0 Å². The van der Waals surface area contributed by atoms with E-state index in [1.807, 2.05) is 0 Å². The van der Waals surface area contributed by atoms with E-state index < -0.39 is 0 Å². The van der Waals surface area contributed by atoms with Crippen molar-refractivity contribution < 1.29 is 0 Å². The second-order valence-electron chi connectivity index (χ2n) is 6.60. The maximum Gasteiger partial charge on any atom is 0.0526 e. The molecule has 0 aliphatic heterocycles. The van der Waals surface area contributed by atoms with Crippen LogP contribution in [0.25, 0.3) is 0 Å². The van der Waals surface area contributed by atoms with Crippen molar-refractivity contribution >= 4 is 21.6 Å². The molecule has 2 rings (SSSR count). The second-order valence-corrected chi connectivity index (χ2v) is 7.51. The predicted molar refractivity (Wildman–Crippen MR) is 91.1 cm³/mol. The summed E-state index contributed by atoms with van der Waals surface area (Å²) in [6.07, 6.45) is 5.08. The first kappa shape index (κ1) is 15.8. The molecule has 20 heavy (non-hydrogen) atoms. The molecule has 3 N–H and O–H groups in total. The minimum atomic E-state index is 0.0552. The van der Waals surface area contributed by atoms with Crippen molar-refractivity contribution in [3.8, 4) is 0 Å². The first-order chi connectivity index (χ1) is 9.47. The summed E-state index contributed by atoms with van der Waals surface area (Å²) in [6.45, 7) is 7.50. The molecule has 1 saturated carbocycles. The zero-order valence-electron chi connectivity index (χ0n) is 12.9. The van der Waals surface area contributed by atoms with E-state index in [0.29, 0.717) is 18.4 Å². The Kier molecular flexibility index (Phi) is 5.14. The van der Waals surface area contributed by atoms with Crippen molar-refractivity contribution in [2.24, 2.45) is 17.6 Å². The third-order valence-corrected chi connectivity index (χ3v) is 5.16. The summed E-state index contributed by atoms with van der Waals surface area (Å²) in [7, 11) is 0. The third kappa shape index (κ3) is 3.37. The summed E-state index contributed by atoms with van der Waals surface area (Å²) >= 11 is 3.59. The molecule has 0 aromatic heterocycles. The van der Waals surface area contributed by atoms with Crippen molar-refractivity contribution in [1.82, 2.24) is 0 Å². The van der Waals surface area contributed by atoms with Gasteiger partial charge in [-0.15, -0.1) is 0 Å². The number of aryl methyl sites for hydroxylation is 1. The van der Waals surface area contributed by atoms with Crippen molar-refractivity contribution in [3.63, 3.8) is 0 Å². The van der Waals surface area contributed by atoms with Gasteiger partial charge in [0.25, 0.3) is 0 Å². The van der Waals surface area contributed by atoms with Gasteiger partial charge < -0.3 is 11.1 Å². The molecule has 0 spiro atoms. The number of anilines is 1. The van der Waals surface area contributed by atoms with Gasteiger partial charge in [0.15, 0.2) is 0 Å². The van der Waals surface area contributed by atoms with Crippen LogP contribution in [0.1, 0.15) is 45.1 Å². The topological polar surface area (TPSA) is 38.0 Å². The van der Waals surface area contributed by atoms with Gasteiger partial charge >= 0.3 is 0 Å². The lowest BCUT2D eigenvalue weighted by molar-refractivity contribution is 0.166. The number of rotatable bonds is 4. The Labute approximate surface area is 131 Å². The van der Waals surface area contributed by atoms with Crippen LogP contribution < -0.4 is 11.1 Å². The first-order valence-electron chi connectivity index (χ1n) is 7.72. The normalized spacial score (nSPS) is 26.8. The van der Waals surface area contributed by atoms with Crippen LogP contribution in [0.2, 0.25) is 0 Å². The van der Waals surface area contributed by atoms with Gasteiger partial charge in [-0.3, -0.25) is 0 Å². The maximum atomic E-state index is 6.22. The van der Waals surface area contributed by atoms with Crippen LogP contribution in [0.5, 0.6) is 0 Å². The van der Waals surface area contributed by atoms with E-state index in [1.165, 1.54) is 36.9 Å². The average Bonchev–Trinajstić information content (AvgIpc) is 2.37. The molecule has 0 heterocycles. The highest BCUT2D eigenvalue weighted by Gasteiger charge is 2.41. The average molecular weight is 339 g/mol. The molecule has 2 nitrogen and oxygen atoms in total. The fourth-order valence-corrected chi connectivity index (χ4v) is 4.40. The number of hydrogen-bond donors (Lipinski definition) is 2. The number of nitrogens with one attached hydrogen (secondary N) is 1. The van der Waals surface area contributed by atoms with Gasteiger partial charge in [-0.2, -0.15) is 0 Å². The quantitative estimate of drug-likeness (QED) is 0.833. The number of nitrogens with two attached hydrogens (primary N) is 1. The summed E-state index contributed by atoms with van der Waals surface area (Å²) in [5.41, 5.74) is 8.73. The molecule has 0 amide bonds. The van der Waals surface area contributed by atoms with Crippen LogP contribution >= 0.6 is 15.9 Å². The standard InChI is InChI=1S/C17H27BrN2/c1-12(2)16-6-4-5-7-17(16,11-19)20-15-9-13(3)8-14(18)10-15/h8-10,12,16,20H,4-7,11,19H2,1-3H3.